The number of hydrogen-bond acceptors (Lipinski definition) is 3. The van der Waals surface area contributed by atoms with Gasteiger partial charge in [-0.25, -0.2) is 9.78 Å². The molecule has 3 aromatic carbocycles. The van der Waals surface area contributed by atoms with Crippen LogP contribution in [0.1, 0.15) is 35.9 Å². The van der Waals surface area contributed by atoms with E-state index in [1.807, 2.05) is 53.4 Å². The quantitative estimate of drug-likeness (QED) is 0.458. The smallest absolute Gasteiger partial charge is 0.318 e. The van der Waals surface area contributed by atoms with Gasteiger partial charge in [0, 0.05) is 13.1 Å². The Bertz CT molecular complexity index is 1220. The molecule has 0 spiro atoms. The van der Waals surface area contributed by atoms with E-state index in [4.69, 9.17) is 9.40 Å². The number of nitrogens with zero attached hydrogens (tertiary/aromatic N) is 2. The zero-order valence-corrected chi connectivity index (χ0v) is 17.5. The van der Waals surface area contributed by atoms with E-state index < -0.39 is 0 Å². The number of carbonyl (C=O) groups excluding carboxylic acids is 1. The van der Waals surface area contributed by atoms with Crippen molar-refractivity contribution < 1.29 is 9.21 Å². The fraction of sp³-hybridized carbons (Fsp3) is 0.231. The van der Waals surface area contributed by atoms with Crippen LogP contribution in [-0.2, 0) is 6.54 Å². The number of rotatable bonds is 4. The molecule has 1 saturated heterocycles. The second-order valence-electron chi connectivity index (χ2n) is 8.05. The molecule has 5 heteroatoms. The summed E-state index contributed by atoms with van der Waals surface area (Å²) >= 11 is 0. The van der Waals surface area contributed by atoms with E-state index in [9.17, 15) is 4.79 Å². The first-order valence-electron chi connectivity index (χ1n) is 10.7. The van der Waals surface area contributed by atoms with Crippen molar-refractivity contribution in [1.29, 1.82) is 0 Å². The van der Waals surface area contributed by atoms with E-state index in [1.165, 1.54) is 11.1 Å². The number of urea groups is 1. The van der Waals surface area contributed by atoms with Crippen LogP contribution in [0.2, 0.25) is 0 Å². The summed E-state index contributed by atoms with van der Waals surface area (Å²) in [7, 11) is 0. The lowest BCUT2D eigenvalue weighted by Gasteiger charge is -2.22. The van der Waals surface area contributed by atoms with E-state index in [1.54, 1.807) is 0 Å². The van der Waals surface area contributed by atoms with Crippen LogP contribution in [-0.4, -0.2) is 22.5 Å². The van der Waals surface area contributed by atoms with Gasteiger partial charge in [0.25, 0.3) is 0 Å². The lowest BCUT2D eigenvalue weighted by Crippen LogP contribution is -2.39. The molecule has 0 saturated carbocycles. The Hall–Kier alpha value is -3.60. The van der Waals surface area contributed by atoms with Crippen LogP contribution in [0.15, 0.2) is 77.2 Å². The van der Waals surface area contributed by atoms with Gasteiger partial charge in [0.05, 0.1) is 0 Å². The number of amides is 2. The summed E-state index contributed by atoms with van der Waals surface area (Å²) in [5.41, 5.74) is 6.20. The van der Waals surface area contributed by atoms with Gasteiger partial charge in [0.1, 0.15) is 11.6 Å². The second-order valence-corrected chi connectivity index (χ2v) is 8.05. The van der Waals surface area contributed by atoms with E-state index >= 15 is 0 Å². The van der Waals surface area contributed by atoms with Gasteiger partial charge in [-0.05, 0) is 54.2 Å². The summed E-state index contributed by atoms with van der Waals surface area (Å²) in [5, 5.41) is 3.03. The zero-order valence-electron chi connectivity index (χ0n) is 17.5. The van der Waals surface area contributed by atoms with E-state index in [2.05, 4.69) is 36.5 Å². The predicted molar refractivity (Wildman–Crippen MR) is 122 cm³/mol. The highest BCUT2D eigenvalue weighted by Gasteiger charge is 2.33. The molecule has 156 valence electrons. The fourth-order valence-electron chi connectivity index (χ4n) is 4.29. The average Bonchev–Trinajstić information content (AvgIpc) is 3.45. The molecule has 2 heterocycles. The van der Waals surface area contributed by atoms with Gasteiger partial charge in [-0.3, -0.25) is 0 Å². The van der Waals surface area contributed by atoms with Crippen LogP contribution in [0, 0.1) is 6.92 Å². The van der Waals surface area contributed by atoms with E-state index in [-0.39, 0.29) is 12.1 Å². The number of likely N-dealkylation sites (tertiary alicyclic amines) is 1. The largest absolute Gasteiger partial charge is 0.438 e. The fourth-order valence-corrected chi connectivity index (χ4v) is 4.29. The van der Waals surface area contributed by atoms with Gasteiger partial charge in [-0.1, -0.05) is 60.7 Å². The standard InChI is InChI=1S/C26H25N3O2/c1-18-8-5-6-11-21(18)20-13-14-24-22(16-20)28-25(31-24)23-12-7-15-29(23)26(30)27-17-19-9-3-2-4-10-19/h2-6,8-11,13-14,16,23H,7,12,15,17H2,1H3,(H,27,30)/t23-/m1/s1. The zero-order chi connectivity index (χ0) is 21.2. The SMILES string of the molecule is Cc1ccccc1-c1ccc2oc([C@H]3CCCN3C(=O)NCc3ccccc3)nc2c1. The molecule has 1 aliphatic heterocycles. The maximum atomic E-state index is 12.8. The van der Waals surface area contributed by atoms with Crippen molar-refractivity contribution in [2.45, 2.75) is 32.4 Å². The Kier molecular flexibility index (Phi) is 5.16. The van der Waals surface area contributed by atoms with Gasteiger partial charge in [0.2, 0.25) is 5.89 Å². The maximum Gasteiger partial charge on any atom is 0.318 e. The van der Waals surface area contributed by atoms with Gasteiger partial charge >= 0.3 is 6.03 Å². The molecule has 1 aromatic heterocycles. The van der Waals surface area contributed by atoms with Crippen molar-refractivity contribution in [3.05, 3.63) is 89.8 Å². The predicted octanol–water partition coefficient (Wildman–Crippen LogP) is 5.85. The molecule has 0 bridgehead atoms. The number of carbonyl (C=O) groups is 1. The molecule has 2 amide bonds. The number of oxazole rings is 1. The van der Waals surface area contributed by atoms with Crippen molar-refractivity contribution in [3.8, 4) is 11.1 Å². The molecule has 5 rings (SSSR count). The topological polar surface area (TPSA) is 58.4 Å². The Labute approximate surface area is 181 Å². The Morgan fingerprint density at radius 2 is 1.90 bits per heavy atom. The van der Waals surface area contributed by atoms with Crippen LogP contribution >= 0.6 is 0 Å². The van der Waals surface area contributed by atoms with Crippen LogP contribution < -0.4 is 5.32 Å². The van der Waals surface area contributed by atoms with Crippen LogP contribution in [0.25, 0.3) is 22.2 Å². The third kappa shape index (κ3) is 3.91. The highest BCUT2D eigenvalue weighted by molar-refractivity contribution is 5.81. The average molecular weight is 412 g/mol. The molecule has 1 atom stereocenters. The molecule has 1 fully saturated rings. The minimum atomic E-state index is -0.134. The first-order valence-corrected chi connectivity index (χ1v) is 10.7. The van der Waals surface area contributed by atoms with Gasteiger partial charge < -0.3 is 14.6 Å². The Morgan fingerprint density at radius 1 is 1.10 bits per heavy atom. The molecule has 31 heavy (non-hydrogen) atoms. The highest BCUT2D eigenvalue weighted by Crippen LogP contribution is 2.34. The first-order chi connectivity index (χ1) is 15.2. The number of fused-ring (bicyclic) bond motifs is 1. The summed E-state index contributed by atoms with van der Waals surface area (Å²) in [4.78, 5) is 19.5. The Morgan fingerprint density at radius 3 is 2.74 bits per heavy atom. The van der Waals surface area contributed by atoms with Gasteiger partial charge in [0.15, 0.2) is 5.58 Å². The van der Waals surface area contributed by atoms with Crippen LogP contribution in [0.4, 0.5) is 4.79 Å². The van der Waals surface area contributed by atoms with Gasteiger partial charge in [-0.2, -0.15) is 0 Å². The minimum Gasteiger partial charge on any atom is -0.438 e. The van der Waals surface area contributed by atoms with Crippen molar-refractivity contribution in [2.24, 2.45) is 0 Å². The van der Waals surface area contributed by atoms with Crippen LogP contribution in [0.5, 0.6) is 0 Å². The molecule has 1 aliphatic rings. The molecule has 5 nitrogen and oxygen atoms in total. The van der Waals surface area contributed by atoms with E-state index in [0.717, 1.165) is 35.1 Å². The lowest BCUT2D eigenvalue weighted by atomic mass is 10.0. The first kappa shape index (κ1) is 19.4. The molecule has 0 unspecified atom stereocenters. The summed E-state index contributed by atoms with van der Waals surface area (Å²) in [6, 6.07) is 24.2. The third-order valence-corrected chi connectivity index (χ3v) is 5.95. The number of aryl methyl sites for hydroxylation is 1. The number of nitrogens with one attached hydrogen (secondary N) is 1. The molecule has 0 radical (unpaired) electrons. The van der Waals surface area contributed by atoms with Crippen molar-refractivity contribution >= 4 is 17.1 Å². The normalized spacial score (nSPS) is 16.0. The minimum absolute atomic E-state index is 0.0748. The maximum absolute atomic E-state index is 12.8. The highest BCUT2D eigenvalue weighted by atomic mass is 16.4. The van der Waals surface area contributed by atoms with Crippen molar-refractivity contribution in [3.63, 3.8) is 0 Å². The number of benzene rings is 3. The van der Waals surface area contributed by atoms with Crippen molar-refractivity contribution in [2.75, 3.05) is 6.54 Å². The molecule has 1 N–H and O–H groups in total. The lowest BCUT2D eigenvalue weighted by molar-refractivity contribution is 0.184. The number of hydrogen-bond donors (Lipinski definition) is 1. The molecular formula is C26H25N3O2. The summed E-state index contributed by atoms with van der Waals surface area (Å²) in [6.45, 7) is 3.33. The third-order valence-electron chi connectivity index (χ3n) is 5.95. The van der Waals surface area contributed by atoms with Crippen molar-refractivity contribution in [1.82, 2.24) is 15.2 Å². The summed E-state index contributed by atoms with van der Waals surface area (Å²) in [6.07, 6.45) is 1.80. The molecular weight excluding hydrogens is 386 g/mol. The summed E-state index contributed by atoms with van der Waals surface area (Å²) < 4.78 is 6.08. The summed E-state index contributed by atoms with van der Waals surface area (Å²) in [5.74, 6) is 0.615. The van der Waals surface area contributed by atoms with E-state index in [0.29, 0.717) is 19.0 Å². The Balaban J connectivity index is 1.36. The second kappa shape index (κ2) is 8.26. The monoisotopic (exact) mass is 411 g/mol. The van der Waals surface area contributed by atoms with Crippen LogP contribution in [0.3, 0.4) is 0 Å². The molecule has 0 aliphatic carbocycles. The number of aromatic nitrogens is 1. The van der Waals surface area contributed by atoms with Gasteiger partial charge in [-0.15, -0.1) is 0 Å². The molecule has 4 aromatic rings.